The molecule has 0 radical (unpaired) electrons. The van der Waals surface area contributed by atoms with Crippen molar-refractivity contribution in [1.82, 2.24) is 0 Å². The predicted octanol–water partition coefficient (Wildman–Crippen LogP) is 4.22. The summed E-state index contributed by atoms with van der Waals surface area (Å²) in [5, 5.41) is 0. The zero-order valence-corrected chi connectivity index (χ0v) is 12.2. The molecule has 0 aliphatic carbocycles. The summed E-state index contributed by atoms with van der Waals surface area (Å²) in [6.45, 7) is 6.37. The summed E-state index contributed by atoms with van der Waals surface area (Å²) in [4.78, 5) is 2.14. The van der Waals surface area contributed by atoms with Gasteiger partial charge in [0.05, 0.1) is 11.4 Å². The number of nitrogens with two attached hydrogens (primary N) is 1. The Morgan fingerprint density at radius 3 is 2.16 bits per heavy atom. The first-order valence-electron chi connectivity index (χ1n) is 6.72. The zero-order chi connectivity index (χ0) is 14.0. The number of hydrogen-bond acceptors (Lipinski definition) is 2. The maximum absolute atomic E-state index is 6.14. The zero-order valence-electron chi connectivity index (χ0n) is 12.2. The Labute approximate surface area is 115 Å². The van der Waals surface area contributed by atoms with Crippen molar-refractivity contribution in [1.29, 1.82) is 0 Å². The Balaban J connectivity index is 2.37. The van der Waals surface area contributed by atoms with Crippen LogP contribution in [-0.2, 0) is 6.42 Å². The number of rotatable bonds is 3. The molecule has 0 amide bonds. The first kappa shape index (κ1) is 13.5. The topological polar surface area (TPSA) is 29.3 Å². The van der Waals surface area contributed by atoms with E-state index in [1.54, 1.807) is 0 Å². The lowest BCUT2D eigenvalue weighted by Crippen LogP contribution is -2.12. The van der Waals surface area contributed by atoms with Gasteiger partial charge in [0.15, 0.2) is 0 Å². The smallest absolute Gasteiger partial charge is 0.0644 e. The highest BCUT2D eigenvalue weighted by molar-refractivity contribution is 5.76. The number of hydrogen-bond donors (Lipinski definition) is 1. The van der Waals surface area contributed by atoms with E-state index in [0.717, 1.165) is 23.5 Å². The summed E-state index contributed by atoms with van der Waals surface area (Å²) in [6.07, 6.45) is 1.07. The Morgan fingerprint density at radius 1 is 1.00 bits per heavy atom. The molecule has 2 rings (SSSR count). The Bertz CT molecular complexity index is 571. The third kappa shape index (κ3) is 2.73. The van der Waals surface area contributed by atoms with Crippen LogP contribution in [0.4, 0.5) is 17.1 Å². The minimum absolute atomic E-state index is 0.824. The van der Waals surface area contributed by atoms with Crippen LogP contribution in [0.5, 0.6) is 0 Å². The van der Waals surface area contributed by atoms with Gasteiger partial charge in [0.2, 0.25) is 0 Å². The first-order chi connectivity index (χ1) is 9.02. The van der Waals surface area contributed by atoms with Gasteiger partial charge in [-0.15, -0.1) is 0 Å². The summed E-state index contributed by atoms with van der Waals surface area (Å²) < 4.78 is 0. The van der Waals surface area contributed by atoms with Crippen LogP contribution in [0, 0.1) is 13.8 Å². The SMILES string of the molecule is CCc1ccc(N(C)c2cc(C)c(C)cc2N)cc1. The van der Waals surface area contributed by atoms with Crippen LogP contribution in [0.3, 0.4) is 0 Å². The molecule has 0 fully saturated rings. The molecule has 0 saturated heterocycles. The third-order valence-electron chi connectivity index (χ3n) is 3.74. The van der Waals surface area contributed by atoms with Crippen molar-refractivity contribution in [2.24, 2.45) is 0 Å². The molecule has 0 atom stereocenters. The van der Waals surface area contributed by atoms with Gasteiger partial charge in [0.25, 0.3) is 0 Å². The predicted molar refractivity (Wildman–Crippen MR) is 84.2 cm³/mol. The average Bonchev–Trinajstić information content (AvgIpc) is 2.42. The van der Waals surface area contributed by atoms with Crippen molar-refractivity contribution >= 4 is 17.1 Å². The van der Waals surface area contributed by atoms with Crippen LogP contribution in [0.2, 0.25) is 0 Å². The summed E-state index contributed by atoms with van der Waals surface area (Å²) in [7, 11) is 2.06. The lowest BCUT2D eigenvalue weighted by molar-refractivity contribution is 1.13. The monoisotopic (exact) mass is 254 g/mol. The van der Waals surface area contributed by atoms with E-state index < -0.39 is 0 Å². The van der Waals surface area contributed by atoms with Gasteiger partial charge in [-0.2, -0.15) is 0 Å². The third-order valence-corrected chi connectivity index (χ3v) is 3.74. The lowest BCUT2D eigenvalue weighted by atomic mass is 10.1. The van der Waals surface area contributed by atoms with Crippen molar-refractivity contribution in [2.45, 2.75) is 27.2 Å². The van der Waals surface area contributed by atoms with Crippen LogP contribution in [0.25, 0.3) is 0 Å². The average molecular weight is 254 g/mol. The van der Waals surface area contributed by atoms with E-state index in [-0.39, 0.29) is 0 Å². The fraction of sp³-hybridized carbons (Fsp3) is 0.294. The van der Waals surface area contributed by atoms with Gasteiger partial charge in [-0.25, -0.2) is 0 Å². The molecule has 100 valence electrons. The molecule has 0 aliphatic heterocycles. The molecule has 0 aliphatic rings. The van der Waals surface area contributed by atoms with Crippen LogP contribution < -0.4 is 10.6 Å². The van der Waals surface area contributed by atoms with E-state index in [1.807, 2.05) is 6.07 Å². The molecule has 2 heteroatoms. The van der Waals surface area contributed by atoms with Gasteiger partial charge in [-0.05, 0) is 61.2 Å². The molecule has 0 heterocycles. The molecule has 2 nitrogen and oxygen atoms in total. The number of nitrogens with zero attached hydrogens (tertiary/aromatic N) is 1. The number of anilines is 3. The molecular formula is C17H22N2. The van der Waals surface area contributed by atoms with Crippen LogP contribution in [0.15, 0.2) is 36.4 Å². The summed E-state index contributed by atoms with van der Waals surface area (Å²) in [5.41, 5.74) is 13.0. The molecule has 0 saturated carbocycles. The second-order valence-electron chi connectivity index (χ2n) is 5.07. The summed E-state index contributed by atoms with van der Waals surface area (Å²) >= 11 is 0. The summed E-state index contributed by atoms with van der Waals surface area (Å²) in [6, 6.07) is 12.8. The molecule has 2 aromatic rings. The van der Waals surface area contributed by atoms with Gasteiger partial charge < -0.3 is 10.6 Å². The second kappa shape index (κ2) is 5.35. The number of aryl methyl sites for hydroxylation is 3. The quantitative estimate of drug-likeness (QED) is 0.831. The van der Waals surface area contributed by atoms with Gasteiger partial charge in [0.1, 0.15) is 0 Å². The maximum Gasteiger partial charge on any atom is 0.0644 e. The maximum atomic E-state index is 6.14. The van der Waals surface area contributed by atoms with Crippen LogP contribution >= 0.6 is 0 Å². The minimum atomic E-state index is 0.824. The van der Waals surface area contributed by atoms with Crippen molar-refractivity contribution in [3.05, 3.63) is 53.1 Å². The summed E-state index contributed by atoms with van der Waals surface area (Å²) in [5.74, 6) is 0. The second-order valence-corrected chi connectivity index (χ2v) is 5.07. The molecule has 0 spiro atoms. The van der Waals surface area contributed by atoms with Gasteiger partial charge in [0, 0.05) is 12.7 Å². The molecule has 0 bridgehead atoms. The Hall–Kier alpha value is -1.96. The minimum Gasteiger partial charge on any atom is -0.397 e. The van der Waals surface area contributed by atoms with Gasteiger partial charge >= 0.3 is 0 Å². The van der Waals surface area contributed by atoms with E-state index in [1.165, 1.54) is 16.7 Å². The number of nitrogen functional groups attached to an aromatic ring is 1. The van der Waals surface area contributed by atoms with Crippen molar-refractivity contribution in [3.8, 4) is 0 Å². The highest BCUT2D eigenvalue weighted by Crippen LogP contribution is 2.31. The molecule has 2 N–H and O–H groups in total. The largest absolute Gasteiger partial charge is 0.397 e. The van der Waals surface area contributed by atoms with Gasteiger partial charge in [-0.3, -0.25) is 0 Å². The fourth-order valence-corrected chi connectivity index (χ4v) is 2.21. The van der Waals surface area contributed by atoms with Crippen molar-refractivity contribution < 1.29 is 0 Å². The van der Waals surface area contributed by atoms with E-state index >= 15 is 0 Å². The molecule has 19 heavy (non-hydrogen) atoms. The standard InChI is InChI=1S/C17H22N2/c1-5-14-6-8-15(9-7-14)19(4)17-11-13(3)12(2)10-16(17)18/h6-11H,5,18H2,1-4H3. The lowest BCUT2D eigenvalue weighted by Gasteiger charge is -2.22. The fourth-order valence-electron chi connectivity index (χ4n) is 2.21. The molecule has 2 aromatic carbocycles. The normalized spacial score (nSPS) is 10.5. The number of benzene rings is 2. The van der Waals surface area contributed by atoms with Crippen molar-refractivity contribution in [2.75, 3.05) is 17.7 Å². The highest BCUT2D eigenvalue weighted by atomic mass is 15.1. The first-order valence-corrected chi connectivity index (χ1v) is 6.72. The van der Waals surface area contributed by atoms with Gasteiger partial charge in [-0.1, -0.05) is 19.1 Å². The van der Waals surface area contributed by atoms with Crippen molar-refractivity contribution in [3.63, 3.8) is 0 Å². The van der Waals surface area contributed by atoms with E-state index in [0.29, 0.717) is 0 Å². The molecule has 0 aromatic heterocycles. The van der Waals surface area contributed by atoms with E-state index in [4.69, 9.17) is 5.73 Å². The molecular weight excluding hydrogens is 232 g/mol. The Morgan fingerprint density at radius 2 is 1.58 bits per heavy atom. The van der Waals surface area contributed by atoms with Crippen LogP contribution in [-0.4, -0.2) is 7.05 Å². The Kier molecular flexibility index (Phi) is 3.79. The highest BCUT2D eigenvalue weighted by Gasteiger charge is 2.09. The van der Waals surface area contributed by atoms with E-state index in [2.05, 4.69) is 63.1 Å². The van der Waals surface area contributed by atoms with Crippen LogP contribution in [0.1, 0.15) is 23.6 Å². The molecule has 0 unspecified atom stereocenters. The van der Waals surface area contributed by atoms with E-state index in [9.17, 15) is 0 Å².